The third kappa shape index (κ3) is 8.43. The van der Waals surface area contributed by atoms with E-state index < -0.39 is 0 Å². The minimum atomic E-state index is 0.190. The number of hydrogen-bond acceptors (Lipinski definition) is 2. The van der Waals surface area contributed by atoms with Gasteiger partial charge in [0.1, 0.15) is 0 Å². The van der Waals surface area contributed by atoms with Crippen LogP contribution in [0.2, 0.25) is 0 Å². The van der Waals surface area contributed by atoms with Crippen LogP contribution in [0.4, 0.5) is 0 Å². The van der Waals surface area contributed by atoms with Crippen LogP contribution < -0.4 is 5.32 Å². The fourth-order valence-electron chi connectivity index (χ4n) is 1.29. The minimum Gasteiger partial charge on any atom is -0.356 e. The van der Waals surface area contributed by atoms with Gasteiger partial charge in [0.2, 0.25) is 5.91 Å². The highest BCUT2D eigenvalue weighted by Crippen LogP contribution is 1.97. The lowest BCUT2D eigenvalue weighted by atomic mass is 10.2. The van der Waals surface area contributed by atoms with Gasteiger partial charge in [-0.05, 0) is 46.7 Å². The third-order valence-corrected chi connectivity index (χ3v) is 2.62. The van der Waals surface area contributed by atoms with Gasteiger partial charge in [-0.3, -0.25) is 4.79 Å². The van der Waals surface area contributed by atoms with Crippen LogP contribution in [0.3, 0.4) is 0 Å². The minimum absolute atomic E-state index is 0.190. The molecule has 0 aliphatic heterocycles. The van der Waals surface area contributed by atoms with E-state index in [1.165, 1.54) is 0 Å². The topological polar surface area (TPSA) is 32.3 Å². The molecule has 1 N–H and O–H groups in total. The zero-order valence-electron chi connectivity index (χ0n) is 10.7. The number of unbranched alkanes of at least 4 members (excludes halogenated alkanes) is 1. The molecule has 3 nitrogen and oxygen atoms in total. The summed E-state index contributed by atoms with van der Waals surface area (Å²) < 4.78 is 0. The molecule has 3 heteroatoms. The van der Waals surface area contributed by atoms with Crippen molar-refractivity contribution < 1.29 is 4.79 Å². The van der Waals surface area contributed by atoms with Crippen molar-refractivity contribution in [2.24, 2.45) is 0 Å². The second kappa shape index (κ2) is 8.72. The SMILES string of the molecule is CCCC(=O)NCCCCN(C)C(C)C. The Morgan fingerprint density at radius 1 is 1.33 bits per heavy atom. The number of nitrogens with zero attached hydrogens (tertiary/aromatic N) is 1. The molecule has 0 radical (unpaired) electrons. The van der Waals surface area contributed by atoms with E-state index >= 15 is 0 Å². The summed E-state index contributed by atoms with van der Waals surface area (Å²) in [7, 11) is 2.14. The zero-order valence-corrected chi connectivity index (χ0v) is 10.7. The molecule has 0 aliphatic carbocycles. The molecule has 15 heavy (non-hydrogen) atoms. The molecule has 0 aromatic rings. The van der Waals surface area contributed by atoms with Crippen LogP contribution in [-0.4, -0.2) is 37.0 Å². The Hall–Kier alpha value is -0.570. The number of rotatable bonds is 8. The highest BCUT2D eigenvalue weighted by atomic mass is 16.1. The van der Waals surface area contributed by atoms with Crippen LogP contribution in [0.5, 0.6) is 0 Å². The monoisotopic (exact) mass is 214 g/mol. The molecule has 0 saturated heterocycles. The van der Waals surface area contributed by atoms with Crippen LogP contribution in [0, 0.1) is 0 Å². The standard InChI is InChI=1S/C12H26N2O/c1-5-8-12(15)13-9-6-7-10-14(4)11(2)3/h11H,5-10H2,1-4H3,(H,13,15). The number of nitrogens with one attached hydrogen (secondary N) is 1. The molecule has 0 saturated carbocycles. The maximum Gasteiger partial charge on any atom is 0.219 e. The summed E-state index contributed by atoms with van der Waals surface area (Å²) in [6.45, 7) is 8.36. The molecule has 0 aromatic carbocycles. The van der Waals surface area contributed by atoms with Gasteiger partial charge in [0, 0.05) is 19.0 Å². The first-order chi connectivity index (χ1) is 7.07. The first-order valence-corrected chi connectivity index (χ1v) is 6.04. The van der Waals surface area contributed by atoms with Gasteiger partial charge < -0.3 is 10.2 Å². The summed E-state index contributed by atoms with van der Waals surface area (Å²) in [4.78, 5) is 13.5. The van der Waals surface area contributed by atoms with Gasteiger partial charge in [-0.25, -0.2) is 0 Å². The number of amides is 1. The molecular formula is C12H26N2O. The lowest BCUT2D eigenvalue weighted by Gasteiger charge is -2.20. The van der Waals surface area contributed by atoms with E-state index in [0.29, 0.717) is 12.5 Å². The molecule has 0 rings (SSSR count). The molecular weight excluding hydrogens is 188 g/mol. The second-order valence-corrected chi connectivity index (χ2v) is 4.38. The number of carbonyl (C=O) groups is 1. The van der Waals surface area contributed by atoms with E-state index in [1.807, 2.05) is 6.92 Å². The summed E-state index contributed by atoms with van der Waals surface area (Å²) in [5.41, 5.74) is 0. The van der Waals surface area contributed by atoms with Crippen LogP contribution in [0.1, 0.15) is 46.5 Å². The van der Waals surface area contributed by atoms with E-state index in [0.717, 1.165) is 32.4 Å². The molecule has 0 bridgehead atoms. The van der Waals surface area contributed by atoms with Gasteiger partial charge in [0.15, 0.2) is 0 Å². The molecule has 90 valence electrons. The van der Waals surface area contributed by atoms with Gasteiger partial charge in [0.05, 0.1) is 0 Å². The van der Waals surface area contributed by atoms with Crippen molar-refractivity contribution in [3.63, 3.8) is 0 Å². The van der Waals surface area contributed by atoms with E-state index in [9.17, 15) is 4.79 Å². The quantitative estimate of drug-likeness (QED) is 0.627. The van der Waals surface area contributed by atoms with E-state index in [2.05, 4.69) is 31.1 Å². The van der Waals surface area contributed by atoms with Crippen molar-refractivity contribution in [1.29, 1.82) is 0 Å². The maximum atomic E-state index is 11.1. The van der Waals surface area contributed by atoms with Gasteiger partial charge in [-0.1, -0.05) is 6.92 Å². The zero-order chi connectivity index (χ0) is 11.7. The van der Waals surface area contributed by atoms with Crippen LogP contribution >= 0.6 is 0 Å². The Labute approximate surface area is 94.2 Å². The van der Waals surface area contributed by atoms with Crippen LogP contribution in [0.25, 0.3) is 0 Å². The average molecular weight is 214 g/mol. The Morgan fingerprint density at radius 2 is 2.00 bits per heavy atom. The van der Waals surface area contributed by atoms with Crippen LogP contribution in [-0.2, 0) is 4.79 Å². The van der Waals surface area contributed by atoms with Gasteiger partial charge in [0.25, 0.3) is 0 Å². The predicted molar refractivity (Wildman–Crippen MR) is 64.9 cm³/mol. The predicted octanol–water partition coefficient (Wildman–Crippen LogP) is 2.02. The summed E-state index contributed by atoms with van der Waals surface area (Å²) in [5.74, 6) is 0.190. The van der Waals surface area contributed by atoms with E-state index in [4.69, 9.17) is 0 Å². The van der Waals surface area contributed by atoms with Gasteiger partial charge in [-0.15, -0.1) is 0 Å². The Kier molecular flexibility index (Phi) is 8.38. The maximum absolute atomic E-state index is 11.1. The third-order valence-electron chi connectivity index (χ3n) is 2.62. The lowest BCUT2D eigenvalue weighted by molar-refractivity contribution is -0.121. The summed E-state index contributed by atoms with van der Waals surface area (Å²) in [5, 5.41) is 2.93. The van der Waals surface area contributed by atoms with Crippen molar-refractivity contribution in [3.8, 4) is 0 Å². The summed E-state index contributed by atoms with van der Waals surface area (Å²) in [6.07, 6.45) is 3.82. The molecule has 0 heterocycles. The molecule has 0 unspecified atom stereocenters. The fraction of sp³-hybridized carbons (Fsp3) is 0.917. The van der Waals surface area contributed by atoms with Gasteiger partial charge >= 0.3 is 0 Å². The first kappa shape index (κ1) is 14.4. The lowest BCUT2D eigenvalue weighted by Crippen LogP contribution is -2.28. The highest BCUT2D eigenvalue weighted by molar-refractivity contribution is 5.75. The molecule has 0 atom stereocenters. The average Bonchev–Trinajstić information content (AvgIpc) is 2.17. The van der Waals surface area contributed by atoms with Crippen LogP contribution in [0.15, 0.2) is 0 Å². The smallest absolute Gasteiger partial charge is 0.219 e. The summed E-state index contributed by atoms with van der Waals surface area (Å²) in [6, 6.07) is 0.611. The Morgan fingerprint density at radius 3 is 2.53 bits per heavy atom. The second-order valence-electron chi connectivity index (χ2n) is 4.38. The van der Waals surface area contributed by atoms with E-state index in [-0.39, 0.29) is 5.91 Å². The van der Waals surface area contributed by atoms with Crippen molar-refractivity contribution >= 4 is 5.91 Å². The van der Waals surface area contributed by atoms with E-state index in [1.54, 1.807) is 0 Å². The normalized spacial score (nSPS) is 11.1. The number of carbonyl (C=O) groups excluding carboxylic acids is 1. The van der Waals surface area contributed by atoms with Crippen molar-refractivity contribution in [1.82, 2.24) is 10.2 Å². The van der Waals surface area contributed by atoms with Crippen molar-refractivity contribution in [2.75, 3.05) is 20.1 Å². The Bertz CT molecular complexity index is 169. The Balaban J connectivity index is 3.28. The molecule has 0 aromatic heterocycles. The van der Waals surface area contributed by atoms with Gasteiger partial charge in [-0.2, -0.15) is 0 Å². The fourth-order valence-corrected chi connectivity index (χ4v) is 1.29. The largest absolute Gasteiger partial charge is 0.356 e. The first-order valence-electron chi connectivity index (χ1n) is 6.04. The number of hydrogen-bond donors (Lipinski definition) is 1. The van der Waals surface area contributed by atoms with Crippen molar-refractivity contribution in [3.05, 3.63) is 0 Å². The highest BCUT2D eigenvalue weighted by Gasteiger charge is 2.02. The molecule has 0 fully saturated rings. The van der Waals surface area contributed by atoms with Crippen molar-refractivity contribution in [2.45, 2.75) is 52.5 Å². The molecule has 0 spiro atoms. The molecule has 0 aliphatic rings. The molecule has 1 amide bonds. The summed E-state index contributed by atoms with van der Waals surface area (Å²) >= 11 is 0.